The van der Waals surface area contributed by atoms with Crippen LogP contribution < -0.4 is 15.4 Å². The van der Waals surface area contributed by atoms with Crippen LogP contribution in [0, 0.1) is 11.8 Å². The lowest BCUT2D eigenvalue weighted by atomic mass is 9.73. The van der Waals surface area contributed by atoms with E-state index in [2.05, 4.69) is 17.6 Å². The zero-order valence-corrected chi connectivity index (χ0v) is 18.1. The maximum absolute atomic E-state index is 13.5. The van der Waals surface area contributed by atoms with E-state index in [9.17, 15) is 18.4 Å². The summed E-state index contributed by atoms with van der Waals surface area (Å²) in [6.07, 6.45) is 0.387. The molecular weight excluding hydrogens is 414 g/mol. The molecule has 5 rings (SSSR count). The van der Waals surface area contributed by atoms with Crippen LogP contribution in [0.5, 0.6) is 5.75 Å². The van der Waals surface area contributed by atoms with Crippen molar-refractivity contribution in [2.24, 2.45) is 11.8 Å². The molecule has 5 nitrogen and oxygen atoms in total. The molecule has 32 heavy (non-hydrogen) atoms. The molecule has 3 aliphatic rings. The normalized spacial score (nSPS) is 28.9. The van der Waals surface area contributed by atoms with Gasteiger partial charge in [0.1, 0.15) is 12.4 Å². The van der Waals surface area contributed by atoms with Gasteiger partial charge < -0.3 is 15.4 Å². The molecule has 0 radical (unpaired) electrons. The Labute approximate surface area is 185 Å². The second-order valence-electron chi connectivity index (χ2n) is 9.16. The maximum atomic E-state index is 13.5. The molecule has 2 fully saturated rings. The van der Waals surface area contributed by atoms with Crippen molar-refractivity contribution in [1.82, 2.24) is 10.6 Å². The van der Waals surface area contributed by atoms with Gasteiger partial charge in [-0.05, 0) is 36.0 Å². The summed E-state index contributed by atoms with van der Waals surface area (Å²) in [6, 6.07) is 13.0. The lowest BCUT2D eigenvalue weighted by molar-refractivity contribution is -0.00623. The van der Waals surface area contributed by atoms with E-state index in [1.165, 1.54) is 13.1 Å². The van der Waals surface area contributed by atoms with Crippen molar-refractivity contribution in [3.05, 3.63) is 64.7 Å². The van der Waals surface area contributed by atoms with Crippen LogP contribution in [0.25, 0.3) is 0 Å². The SMILES string of the molecule is CCC1(c2ccccc2)COc2c(C(=O)NC)cc(C(=O)NC3[C@H]4CC(F)(F)C[C@@H]34)cc21. The van der Waals surface area contributed by atoms with Crippen LogP contribution in [-0.4, -0.2) is 37.4 Å². The number of ether oxygens (including phenoxy) is 1. The molecule has 2 aromatic carbocycles. The summed E-state index contributed by atoms with van der Waals surface area (Å²) in [5.41, 5.74) is 2.04. The van der Waals surface area contributed by atoms with E-state index in [0.717, 1.165) is 17.5 Å². The van der Waals surface area contributed by atoms with Crippen molar-refractivity contribution in [3.8, 4) is 5.75 Å². The van der Waals surface area contributed by atoms with Gasteiger partial charge in [0.25, 0.3) is 11.8 Å². The van der Waals surface area contributed by atoms with Gasteiger partial charge in [-0.2, -0.15) is 0 Å². The number of amides is 2. The Morgan fingerprint density at radius 2 is 1.78 bits per heavy atom. The molecule has 168 valence electrons. The van der Waals surface area contributed by atoms with Crippen molar-refractivity contribution < 1.29 is 23.1 Å². The number of halogens is 2. The summed E-state index contributed by atoms with van der Waals surface area (Å²) in [7, 11) is 1.53. The standard InChI is InChI=1S/C25H26F2N2O3/c1-3-24(15-7-5-4-6-8-15)13-32-21-16(23(31)28-2)9-14(10-19(21)24)22(30)29-20-17-11-25(26,27)12-18(17)20/h4-10,17-18,20H,3,11-13H2,1-2H3,(H,28,31)(H,29,30)/t17-,18+,20?,24?. The van der Waals surface area contributed by atoms with Crippen molar-refractivity contribution in [2.45, 2.75) is 43.6 Å². The summed E-state index contributed by atoms with van der Waals surface area (Å²) in [5, 5.41) is 5.55. The molecular formula is C25H26F2N2O3. The fraction of sp³-hybridized carbons (Fsp3) is 0.440. The van der Waals surface area contributed by atoms with E-state index in [4.69, 9.17) is 4.74 Å². The Kier molecular flexibility index (Phi) is 4.76. The molecule has 4 atom stereocenters. The minimum atomic E-state index is -2.62. The highest BCUT2D eigenvalue weighted by Gasteiger charge is 2.63. The van der Waals surface area contributed by atoms with Crippen molar-refractivity contribution in [2.75, 3.05) is 13.7 Å². The van der Waals surface area contributed by atoms with Crippen LogP contribution >= 0.6 is 0 Å². The number of hydrogen-bond acceptors (Lipinski definition) is 3. The van der Waals surface area contributed by atoms with E-state index in [1.54, 1.807) is 6.07 Å². The number of nitrogens with one attached hydrogen (secondary N) is 2. The van der Waals surface area contributed by atoms with E-state index in [-0.39, 0.29) is 42.5 Å². The van der Waals surface area contributed by atoms with Crippen LogP contribution in [0.1, 0.15) is 58.0 Å². The summed E-state index contributed by atoms with van der Waals surface area (Å²) >= 11 is 0. The Balaban J connectivity index is 1.51. The Bertz CT molecular complexity index is 1070. The van der Waals surface area contributed by atoms with Gasteiger partial charge in [0, 0.05) is 37.1 Å². The maximum Gasteiger partial charge on any atom is 0.254 e. The van der Waals surface area contributed by atoms with Gasteiger partial charge in [-0.3, -0.25) is 9.59 Å². The Hall–Kier alpha value is -2.96. The molecule has 2 N–H and O–H groups in total. The summed E-state index contributed by atoms with van der Waals surface area (Å²) < 4.78 is 33.1. The zero-order chi connectivity index (χ0) is 22.7. The molecule has 2 saturated carbocycles. The number of rotatable bonds is 5. The fourth-order valence-electron chi connectivity index (χ4n) is 5.56. The van der Waals surface area contributed by atoms with E-state index < -0.39 is 11.3 Å². The first-order chi connectivity index (χ1) is 15.3. The molecule has 0 aromatic heterocycles. The van der Waals surface area contributed by atoms with E-state index in [0.29, 0.717) is 23.5 Å². The lowest BCUT2D eigenvalue weighted by Gasteiger charge is -2.27. The molecule has 2 unspecified atom stereocenters. The molecule has 0 spiro atoms. The highest BCUT2D eigenvalue weighted by molar-refractivity contribution is 6.02. The van der Waals surface area contributed by atoms with Gasteiger partial charge in [-0.1, -0.05) is 37.3 Å². The summed E-state index contributed by atoms with van der Waals surface area (Å²) in [6.45, 7) is 2.43. The minimum absolute atomic E-state index is 0.163. The third kappa shape index (κ3) is 3.17. The predicted octanol–water partition coefficient (Wildman–Crippen LogP) is 3.91. The quantitative estimate of drug-likeness (QED) is 0.741. The monoisotopic (exact) mass is 440 g/mol. The molecule has 2 amide bonds. The van der Waals surface area contributed by atoms with Crippen LogP contribution in [0.2, 0.25) is 0 Å². The topological polar surface area (TPSA) is 67.4 Å². The summed E-state index contributed by atoms with van der Waals surface area (Å²) in [5.74, 6) is -3.13. The largest absolute Gasteiger partial charge is 0.491 e. The fourth-order valence-corrected chi connectivity index (χ4v) is 5.56. The third-order valence-corrected chi connectivity index (χ3v) is 7.43. The van der Waals surface area contributed by atoms with Crippen LogP contribution in [0.4, 0.5) is 8.78 Å². The number of fused-ring (bicyclic) bond motifs is 2. The van der Waals surface area contributed by atoms with Gasteiger partial charge in [0.05, 0.1) is 11.0 Å². The zero-order valence-electron chi connectivity index (χ0n) is 18.1. The Morgan fingerprint density at radius 3 is 2.41 bits per heavy atom. The number of alkyl halides is 2. The third-order valence-electron chi connectivity index (χ3n) is 7.43. The number of carbonyl (C=O) groups excluding carboxylic acids is 2. The van der Waals surface area contributed by atoms with Gasteiger partial charge in [-0.25, -0.2) is 8.78 Å². The second kappa shape index (κ2) is 7.29. The average molecular weight is 440 g/mol. The number of hydrogen-bond donors (Lipinski definition) is 2. The highest BCUT2D eigenvalue weighted by Crippen LogP contribution is 2.58. The van der Waals surface area contributed by atoms with Gasteiger partial charge >= 0.3 is 0 Å². The molecule has 7 heteroatoms. The first kappa shape index (κ1) is 20.9. The Morgan fingerprint density at radius 1 is 1.09 bits per heavy atom. The molecule has 2 aliphatic carbocycles. The summed E-state index contributed by atoms with van der Waals surface area (Å²) in [4.78, 5) is 25.8. The molecule has 0 saturated heterocycles. The number of benzene rings is 2. The lowest BCUT2D eigenvalue weighted by Crippen LogP contribution is -2.32. The molecule has 2 aromatic rings. The first-order valence-corrected chi connectivity index (χ1v) is 11.1. The molecule has 1 heterocycles. The van der Waals surface area contributed by atoms with E-state index >= 15 is 0 Å². The smallest absolute Gasteiger partial charge is 0.254 e. The van der Waals surface area contributed by atoms with Gasteiger partial charge in [-0.15, -0.1) is 0 Å². The van der Waals surface area contributed by atoms with E-state index in [1.807, 2.05) is 30.3 Å². The predicted molar refractivity (Wildman–Crippen MR) is 115 cm³/mol. The van der Waals surface area contributed by atoms with Gasteiger partial charge in [0.15, 0.2) is 0 Å². The first-order valence-electron chi connectivity index (χ1n) is 11.1. The molecule has 1 aliphatic heterocycles. The van der Waals surface area contributed by atoms with Crippen LogP contribution in [-0.2, 0) is 5.41 Å². The molecule has 0 bridgehead atoms. The minimum Gasteiger partial charge on any atom is -0.491 e. The van der Waals surface area contributed by atoms with Crippen molar-refractivity contribution in [1.29, 1.82) is 0 Å². The second-order valence-corrected chi connectivity index (χ2v) is 9.16. The van der Waals surface area contributed by atoms with Gasteiger partial charge in [0.2, 0.25) is 5.92 Å². The number of carbonyl (C=O) groups is 2. The van der Waals surface area contributed by atoms with Crippen molar-refractivity contribution in [3.63, 3.8) is 0 Å². The highest BCUT2D eigenvalue weighted by atomic mass is 19.3. The van der Waals surface area contributed by atoms with Crippen LogP contribution in [0.3, 0.4) is 0 Å². The van der Waals surface area contributed by atoms with Crippen molar-refractivity contribution >= 4 is 11.8 Å². The average Bonchev–Trinajstić information content (AvgIpc) is 3.13. The van der Waals surface area contributed by atoms with Crippen LogP contribution in [0.15, 0.2) is 42.5 Å².